The summed E-state index contributed by atoms with van der Waals surface area (Å²) in [5, 5.41) is 53.7. The van der Waals surface area contributed by atoms with Crippen molar-refractivity contribution in [2.45, 2.75) is 39.6 Å². The van der Waals surface area contributed by atoms with Crippen LogP contribution < -0.4 is 27.1 Å². The van der Waals surface area contributed by atoms with Gasteiger partial charge in [-0.1, -0.05) is 248 Å². The maximum Gasteiger partial charge on any atom is 0.323 e. The van der Waals surface area contributed by atoms with Crippen LogP contribution in [0.25, 0.3) is 165 Å². The molecule has 0 unspecified atom stereocenters. The van der Waals surface area contributed by atoms with Crippen LogP contribution in [0.15, 0.2) is 297 Å². The van der Waals surface area contributed by atoms with Gasteiger partial charge in [-0.3, -0.25) is 47.9 Å². The number of aryl methyl sites for hydroxylation is 1. The summed E-state index contributed by atoms with van der Waals surface area (Å²) in [5.41, 5.74) is 11.5. The lowest BCUT2D eigenvalue weighted by molar-refractivity contribution is -0.138. The summed E-state index contributed by atoms with van der Waals surface area (Å²) in [4.78, 5) is 123. The number of nitrogens with zero attached hydrogens (tertiary/aromatic N) is 5. The molecule has 20 aromatic rings. The summed E-state index contributed by atoms with van der Waals surface area (Å²) in [6.45, 7) is 0.112. The number of benzene rings is 15. The van der Waals surface area contributed by atoms with Crippen LogP contribution in [0.4, 0.5) is 8.78 Å². The van der Waals surface area contributed by atoms with E-state index in [1.165, 1.54) is 78.9 Å². The Kier molecular flexibility index (Phi) is 29.4. The predicted octanol–water partition coefficient (Wildman–Crippen LogP) is 28.0. The van der Waals surface area contributed by atoms with Crippen molar-refractivity contribution in [2.75, 3.05) is 0 Å². The molecule has 5 heterocycles. The van der Waals surface area contributed by atoms with Gasteiger partial charge in [0.2, 0.25) is 0 Å². The Bertz CT molecular complexity index is 8290. The standard InChI is InChI=1S/C22H15Cl2NO3.2C21H12Cl3NO3.2C21H12Cl2FNO3/c1-12-2-4-13(5-3-12)14-6-7-15-18(10-14)25(11-19(26)27)21-16(22(15)28)8-9-17(23)20(21)24;22-13-4-1-11(2-5-13)12-3-6-14-17(9-12)25(10-18(26)27)20-15(21(14)28)7-8-16(23)19(20)24;22-13-3-1-2-11(8-13)12-4-5-14-17(9-12)25(10-18(26)27)20-15(21(14)28)6-7-16(23)19(20)24;22-16-8-7-15-20(19(16)23)25(10-18(26)27)17-9-12(3-6-14(17)21(15)28)11-1-4-13(24)5-2-11;22-16-7-6-15-20(19(16)23)25(10-18(26)27)17-9-12(4-5-14(17)21(15)28)11-2-1-3-13(24)8-11/h2-10H,11H2,1H3,(H,26,27);4*1-9H,10H2,(H,26,27). The van der Waals surface area contributed by atoms with Gasteiger partial charge in [0.25, 0.3) is 0 Å². The number of carboxylic acids is 5. The van der Waals surface area contributed by atoms with E-state index in [0.717, 1.165) is 44.5 Å². The maximum absolute atomic E-state index is 13.6. The number of halogens is 14. The first-order chi connectivity index (χ1) is 66.8. The number of hydrogen-bond donors (Lipinski definition) is 5. The number of pyridine rings is 5. The molecule has 0 amide bonds. The molecule has 0 fully saturated rings. The Morgan fingerprint density at radius 1 is 0.229 bits per heavy atom. The Balaban J connectivity index is 0.000000126. The van der Waals surface area contributed by atoms with Crippen LogP contribution in [0.1, 0.15) is 5.56 Å². The molecule has 34 heteroatoms. The average Bonchev–Trinajstić information content (AvgIpc) is 0.757. The van der Waals surface area contributed by atoms with Crippen molar-refractivity contribution in [3.05, 3.63) is 402 Å². The molecule has 0 saturated carbocycles. The van der Waals surface area contributed by atoms with Gasteiger partial charge in [-0.2, -0.15) is 0 Å². The van der Waals surface area contributed by atoms with E-state index in [0.29, 0.717) is 114 Å². The second-order valence-electron chi connectivity index (χ2n) is 31.9. The van der Waals surface area contributed by atoms with Crippen molar-refractivity contribution in [3.8, 4) is 55.6 Å². The van der Waals surface area contributed by atoms with Crippen LogP contribution in [0, 0.1) is 18.6 Å². The van der Waals surface area contributed by atoms with Crippen LogP contribution >= 0.6 is 139 Å². The first-order valence-electron chi connectivity index (χ1n) is 41.7. The zero-order valence-corrected chi connectivity index (χ0v) is 80.9. The van der Waals surface area contributed by atoms with E-state index in [1.807, 2.05) is 79.7 Å². The Labute approximate surface area is 849 Å². The number of hydrogen-bond acceptors (Lipinski definition) is 10. The largest absolute Gasteiger partial charge is 0.480 e. The Morgan fingerprint density at radius 3 is 0.693 bits per heavy atom. The summed E-state index contributed by atoms with van der Waals surface area (Å²) in [7, 11) is 0. The predicted molar refractivity (Wildman–Crippen MR) is 559 cm³/mol. The third-order valence-electron chi connectivity index (χ3n) is 23.1. The topological polar surface area (TPSA) is 296 Å². The van der Waals surface area contributed by atoms with Gasteiger partial charge in [0, 0.05) is 63.9 Å². The highest BCUT2D eigenvalue weighted by Crippen LogP contribution is 2.41. The molecule has 0 aliphatic carbocycles. The van der Waals surface area contributed by atoms with Crippen molar-refractivity contribution < 1.29 is 58.3 Å². The molecular formula is C106H63Cl12F2N5O15. The normalized spacial score (nSPS) is 11.2. The molecule has 0 aliphatic rings. The third kappa shape index (κ3) is 20.2. The molecule has 0 radical (unpaired) electrons. The molecule has 700 valence electrons. The molecule has 5 aromatic heterocycles. The molecule has 20 nitrogen and oxygen atoms in total. The van der Waals surface area contributed by atoms with Crippen molar-refractivity contribution in [2.24, 2.45) is 0 Å². The van der Waals surface area contributed by atoms with Gasteiger partial charge in [0.15, 0.2) is 27.1 Å². The van der Waals surface area contributed by atoms with E-state index >= 15 is 0 Å². The SMILES string of the molecule is Cc1ccc(-c2ccc3c(=O)c4ccc(Cl)c(Cl)c4n(CC(=O)O)c3c2)cc1.O=C(O)Cn1c2cc(-c3ccc(Cl)cc3)ccc2c(=O)c2ccc(Cl)c(Cl)c21.O=C(O)Cn1c2cc(-c3ccc(F)cc3)ccc2c(=O)c2ccc(Cl)c(Cl)c21.O=C(O)Cn1c2cc(-c3cccc(Cl)c3)ccc2c(=O)c2ccc(Cl)c(Cl)c21.O=C(O)Cn1c2cc(-c3cccc(F)c3)ccc2c(=O)c2ccc(Cl)c(Cl)c21. The molecule has 0 aliphatic heterocycles. The Morgan fingerprint density at radius 2 is 0.443 bits per heavy atom. The van der Waals surface area contributed by atoms with Crippen LogP contribution in [0.3, 0.4) is 0 Å². The lowest BCUT2D eigenvalue weighted by atomic mass is 10.0. The molecule has 0 atom stereocenters. The minimum absolute atomic E-state index is 0.107. The summed E-state index contributed by atoms with van der Waals surface area (Å²) in [6.07, 6.45) is 0. The summed E-state index contributed by atoms with van der Waals surface area (Å²) < 4.78 is 34.3. The molecule has 20 rings (SSSR count). The minimum Gasteiger partial charge on any atom is -0.480 e. The van der Waals surface area contributed by atoms with Crippen LogP contribution in [-0.2, 0) is 56.7 Å². The fraction of sp³-hybridized carbons (Fsp3) is 0.0566. The fourth-order valence-corrected chi connectivity index (χ4v) is 19.2. The van der Waals surface area contributed by atoms with Crippen LogP contribution in [-0.4, -0.2) is 78.2 Å². The van der Waals surface area contributed by atoms with E-state index in [1.54, 1.807) is 144 Å². The van der Waals surface area contributed by atoms with Gasteiger partial charge in [-0.25, -0.2) is 8.78 Å². The molecule has 0 saturated heterocycles. The summed E-state index contributed by atoms with van der Waals surface area (Å²) in [6, 6.07) is 75.8. The number of carboxylic acid groups (broad SMARTS) is 5. The van der Waals surface area contributed by atoms with E-state index in [-0.39, 0.29) is 125 Å². The van der Waals surface area contributed by atoms with Gasteiger partial charge in [-0.05, 0) is 232 Å². The molecule has 15 aromatic carbocycles. The van der Waals surface area contributed by atoms with Gasteiger partial charge in [0.1, 0.15) is 44.4 Å². The van der Waals surface area contributed by atoms with Crippen molar-refractivity contribution in [3.63, 3.8) is 0 Å². The smallest absolute Gasteiger partial charge is 0.323 e. The number of aromatic nitrogens is 5. The van der Waals surface area contributed by atoms with E-state index in [2.05, 4.69) is 0 Å². The second kappa shape index (κ2) is 41.4. The first-order valence-corrected chi connectivity index (χ1v) is 46.3. The number of aliphatic carboxylic acids is 5. The highest BCUT2D eigenvalue weighted by Gasteiger charge is 2.26. The Hall–Kier alpha value is -13.7. The van der Waals surface area contributed by atoms with Gasteiger partial charge in [0.05, 0.1) is 105 Å². The zero-order chi connectivity index (χ0) is 100.0. The van der Waals surface area contributed by atoms with E-state index < -0.39 is 48.8 Å². The maximum atomic E-state index is 13.6. The van der Waals surface area contributed by atoms with Crippen molar-refractivity contribution >= 4 is 278 Å². The number of carbonyl (C=O) groups is 5. The van der Waals surface area contributed by atoms with E-state index in [4.69, 9.17) is 139 Å². The van der Waals surface area contributed by atoms with Crippen LogP contribution in [0.2, 0.25) is 60.3 Å². The molecular weight excluding hydrogens is 2050 g/mol. The van der Waals surface area contributed by atoms with Gasteiger partial charge >= 0.3 is 29.8 Å². The van der Waals surface area contributed by atoms with E-state index in [9.17, 15) is 82.3 Å². The molecule has 0 spiro atoms. The van der Waals surface area contributed by atoms with Gasteiger partial charge < -0.3 is 48.4 Å². The highest BCUT2D eigenvalue weighted by atomic mass is 35.5. The average molecular weight is 2110 g/mol. The zero-order valence-electron chi connectivity index (χ0n) is 71.9. The van der Waals surface area contributed by atoms with Crippen LogP contribution in [0.5, 0.6) is 0 Å². The highest BCUT2D eigenvalue weighted by molar-refractivity contribution is 6.48. The third-order valence-corrected chi connectivity index (χ3v) is 27.6. The first kappa shape index (κ1) is 99.4. The molecule has 140 heavy (non-hydrogen) atoms. The number of rotatable bonds is 15. The van der Waals surface area contributed by atoms with Crippen molar-refractivity contribution in [1.82, 2.24) is 22.8 Å². The quantitative estimate of drug-likeness (QED) is 0.0596. The lowest BCUT2D eigenvalue weighted by Gasteiger charge is -2.16. The lowest BCUT2D eigenvalue weighted by Crippen LogP contribution is -2.16. The monoisotopic (exact) mass is 2100 g/mol. The molecule has 5 N–H and O–H groups in total. The fourth-order valence-electron chi connectivity index (χ4n) is 16.8. The number of fused-ring (bicyclic) bond motifs is 10. The molecule has 0 bridgehead atoms. The summed E-state index contributed by atoms with van der Waals surface area (Å²) >= 11 is 74.4. The second-order valence-corrected chi connectivity index (χ2v) is 36.7. The van der Waals surface area contributed by atoms with Gasteiger partial charge in [-0.15, -0.1) is 0 Å². The minimum atomic E-state index is -1.10. The summed E-state index contributed by atoms with van der Waals surface area (Å²) in [5.74, 6) is -6.10. The van der Waals surface area contributed by atoms with Crippen molar-refractivity contribution in [1.29, 1.82) is 0 Å².